The molecule has 376 valence electrons. The van der Waals surface area contributed by atoms with E-state index in [1.165, 1.54) is 205 Å². The summed E-state index contributed by atoms with van der Waals surface area (Å²) >= 11 is 1.70. The number of benzene rings is 1. The van der Waals surface area contributed by atoms with E-state index in [-0.39, 0.29) is 30.4 Å². The normalized spacial score (nSPS) is 12.3. The van der Waals surface area contributed by atoms with Crippen LogP contribution in [0.1, 0.15) is 249 Å². The first-order valence-electron chi connectivity index (χ1n) is 26.7. The van der Waals surface area contributed by atoms with Crippen LogP contribution in [0.4, 0.5) is 5.69 Å². The van der Waals surface area contributed by atoms with Gasteiger partial charge in [0.25, 0.3) is 5.91 Å². The van der Waals surface area contributed by atoms with E-state index in [1.54, 1.807) is 23.9 Å². The van der Waals surface area contributed by atoms with Gasteiger partial charge in [-0.15, -0.1) is 0 Å². The summed E-state index contributed by atoms with van der Waals surface area (Å²) in [6, 6.07) is 4.86. The quantitative estimate of drug-likeness (QED) is 0.0468. The van der Waals surface area contributed by atoms with Crippen molar-refractivity contribution in [2.24, 2.45) is 0 Å². The summed E-state index contributed by atoms with van der Waals surface area (Å²) in [4.78, 5) is 47.6. The third-order valence-electron chi connectivity index (χ3n) is 12.3. The van der Waals surface area contributed by atoms with Crippen molar-refractivity contribution in [1.82, 2.24) is 5.32 Å². The molecule has 0 aliphatic rings. The predicted octanol–water partition coefficient (Wildman–Crippen LogP) is 14.7. The lowest BCUT2D eigenvalue weighted by molar-refractivity contribution is -0.140. The number of amides is 2. The molecule has 10 nitrogen and oxygen atoms in total. The lowest BCUT2D eigenvalue weighted by Crippen LogP contribution is -2.41. The Morgan fingerprint density at radius 3 is 1.38 bits per heavy atom. The number of carbonyl (C=O) groups excluding carboxylic acids is 2. The number of ether oxygens (including phenoxy) is 2. The Bertz CT molecular complexity index is 1280. The second-order valence-corrected chi connectivity index (χ2v) is 19.6. The predicted molar refractivity (Wildman–Crippen MR) is 272 cm³/mol. The summed E-state index contributed by atoms with van der Waals surface area (Å²) in [5.41, 5.74) is 0.738. The van der Waals surface area contributed by atoms with Gasteiger partial charge in [-0.2, -0.15) is 11.8 Å². The van der Waals surface area contributed by atoms with E-state index in [1.807, 2.05) is 0 Å². The van der Waals surface area contributed by atoms with Crippen molar-refractivity contribution in [1.29, 1.82) is 0 Å². The van der Waals surface area contributed by atoms with Crippen LogP contribution in [0.25, 0.3) is 0 Å². The number of carbonyl (C=O) groups is 4. The molecular weight excluding hydrogens is 837 g/mol. The van der Waals surface area contributed by atoms with Crippen molar-refractivity contribution in [2.75, 3.05) is 36.6 Å². The standard InChI is InChI=1S/C54H96N2O8S/c1-3-5-7-9-11-13-15-17-19-21-23-25-27-29-31-33-42-63-45-49(64-43-34-32-30-28-26-24-22-20-18-16-14-12-10-8-6-4-2)46-65-44-41-51(57)55-48-37-35-47(36-38-48)53(60)56-50(54(61)62)39-40-52(58)59/h35-38,49-50H,3-34,39-46H2,1-2H3,(H,55,57)(H,56,60)(H,58,59)(H,61,62). The van der Waals surface area contributed by atoms with E-state index in [4.69, 9.17) is 14.6 Å². The third-order valence-corrected chi connectivity index (χ3v) is 13.4. The fraction of sp³-hybridized carbons (Fsp3) is 0.815. The molecule has 1 aromatic rings. The number of nitrogens with one attached hydrogen (secondary N) is 2. The van der Waals surface area contributed by atoms with E-state index in [9.17, 15) is 24.3 Å². The lowest BCUT2D eigenvalue weighted by atomic mass is 10.0. The van der Waals surface area contributed by atoms with Gasteiger partial charge in [-0.1, -0.05) is 206 Å². The fourth-order valence-corrected chi connectivity index (χ4v) is 9.04. The van der Waals surface area contributed by atoms with Gasteiger partial charge in [-0.25, -0.2) is 4.79 Å². The maximum absolute atomic E-state index is 12.7. The van der Waals surface area contributed by atoms with Crippen LogP contribution in [-0.2, 0) is 23.9 Å². The molecule has 0 radical (unpaired) electrons. The zero-order chi connectivity index (χ0) is 47.3. The zero-order valence-electron chi connectivity index (χ0n) is 41.5. The molecule has 4 N–H and O–H groups in total. The highest BCUT2D eigenvalue weighted by atomic mass is 32.2. The second kappa shape index (κ2) is 45.2. The summed E-state index contributed by atoms with van der Waals surface area (Å²) in [6.45, 7) is 6.63. The number of rotatable bonds is 49. The Labute approximate surface area is 401 Å². The summed E-state index contributed by atoms with van der Waals surface area (Å²) in [7, 11) is 0. The first kappa shape index (κ1) is 60.4. The van der Waals surface area contributed by atoms with Crippen molar-refractivity contribution in [3.63, 3.8) is 0 Å². The minimum absolute atomic E-state index is 0.0102. The summed E-state index contributed by atoms with van der Waals surface area (Å²) < 4.78 is 12.5. The molecular formula is C54H96N2O8S. The molecule has 0 fully saturated rings. The SMILES string of the molecule is CCCCCCCCCCCCCCCCCCOCC(CSCCC(=O)Nc1ccc(C(=O)NC(CCC(=O)O)C(=O)O)cc1)OCCCCCCCCCCCCCCCCCC. The molecule has 0 spiro atoms. The van der Waals surface area contributed by atoms with Gasteiger partial charge >= 0.3 is 11.9 Å². The molecule has 2 unspecified atom stereocenters. The fourth-order valence-electron chi connectivity index (χ4n) is 8.09. The highest BCUT2D eigenvalue weighted by Crippen LogP contribution is 2.17. The molecule has 0 aliphatic carbocycles. The Hall–Kier alpha value is -2.63. The molecule has 2 amide bonds. The van der Waals surface area contributed by atoms with Crippen LogP contribution in [0.2, 0.25) is 0 Å². The molecule has 0 heterocycles. The molecule has 2 atom stereocenters. The molecule has 11 heteroatoms. The van der Waals surface area contributed by atoms with Crippen molar-refractivity contribution in [3.05, 3.63) is 29.8 Å². The number of aliphatic carboxylic acids is 2. The van der Waals surface area contributed by atoms with Gasteiger partial charge in [0, 0.05) is 48.8 Å². The summed E-state index contributed by atoms with van der Waals surface area (Å²) in [5.74, 6) is -1.80. The van der Waals surface area contributed by atoms with Crippen LogP contribution in [0.3, 0.4) is 0 Å². The Morgan fingerprint density at radius 2 is 0.969 bits per heavy atom. The highest BCUT2D eigenvalue weighted by Gasteiger charge is 2.22. The number of carboxylic acid groups (broad SMARTS) is 2. The van der Waals surface area contributed by atoms with Crippen LogP contribution in [-0.4, -0.2) is 77.4 Å². The maximum Gasteiger partial charge on any atom is 0.326 e. The molecule has 65 heavy (non-hydrogen) atoms. The second-order valence-electron chi connectivity index (χ2n) is 18.4. The summed E-state index contributed by atoms with van der Waals surface area (Å²) in [6.07, 6.45) is 42.8. The number of anilines is 1. The molecule has 0 saturated heterocycles. The van der Waals surface area contributed by atoms with Crippen LogP contribution >= 0.6 is 11.8 Å². The van der Waals surface area contributed by atoms with Crippen LogP contribution in [0, 0.1) is 0 Å². The van der Waals surface area contributed by atoms with Crippen LogP contribution in [0.15, 0.2) is 24.3 Å². The van der Waals surface area contributed by atoms with Gasteiger partial charge in [-0.3, -0.25) is 14.4 Å². The maximum atomic E-state index is 12.7. The monoisotopic (exact) mass is 933 g/mol. The Kier molecular flexibility index (Phi) is 42.0. The third kappa shape index (κ3) is 39.1. The van der Waals surface area contributed by atoms with E-state index in [2.05, 4.69) is 24.5 Å². The van der Waals surface area contributed by atoms with Crippen molar-refractivity contribution >= 4 is 41.2 Å². The van der Waals surface area contributed by atoms with Crippen molar-refractivity contribution in [2.45, 2.75) is 251 Å². The van der Waals surface area contributed by atoms with E-state index in [0.29, 0.717) is 24.5 Å². The minimum Gasteiger partial charge on any atom is -0.481 e. The molecule has 1 aromatic carbocycles. The molecule has 0 saturated carbocycles. The van der Waals surface area contributed by atoms with Gasteiger partial charge in [0.05, 0.1) is 12.7 Å². The molecule has 0 aliphatic heterocycles. The summed E-state index contributed by atoms with van der Waals surface area (Å²) in [5, 5.41) is 23.4. The lowest BCUT2D eigenvalue weighted by Gasteiger charge is -2.18. The van der Waals surface area contributed by atoms with Crippen LogP contribution < -0.4 is 10.6 Å². The van der Waals surface area contributed by atoms with Gasteiger partial charge in [0.1, 0.15) is 6.04 Å². The van der Waals surface area contributed by atoms with Gasteiger partial charge in [0.15, 0.2) is 0 Å². The number of hydrogen-bond donors (Lipinski definition) is 4. The van der Waals surface area contributed by atoms with Gasteiger partial charge in [-0.05, 0) is 43.5 Å². The van der Waals surface area contributed by atoms with Crippen molar-refractivity contribution < 1.29 is 38.9 Å². The molecule has 1 rings (SSSR count). The molecule has 0 bridgehead atoms. The highest BCUT2D eigenvalue weighted by molar-refractivity contribution is 7.99. The van der Waals surface area contributed by atoms with Crippen molar-refractivity contribution in [3.8, 4) is 0 Å². The number of hydrogen-bond acceptors (Lipinski definition) is 7. The smallest absolute Gasteiger partial charge is 0.326 e. The topological polar surface area (TPSA) is 151 Å². The van der Waals surface area contributed by atoms with E-state index < -0.39 is 23.9 Å². The largest absolute Gasteiger partial charge is 0.481 e. The van der Waals surface area contributed by atoms with Gasteiger partial charge < -0.3 is 30.3 Å². The van der Waals surface area contributed by atoms with Gasteiger partial charge in [0.2, 0.25) is 5.91 Å². The number of thioether (sulfide) groups is 1. The average Bonchev–Trinajstić information content (AvgIpc) is 3.29. The van der Waals surface area contributed by atoms with E-state index in [0.717, 1.165) is 31.8 Å². The Balaban J connectivity index is 2.34. The first-order valence-corrected chi connectivity index (χ1v) is 27.8. The zero-order valence-corrected chi connectivity index (χ0v) is 42.3. The van der Waals surface area contributed by atoms with Crippen LogP contribution in [0.5, 0.6) is 0 Å². The van der Waals surface area contributed by atoms with E-state index >= 15 is 0 Å². The Morgan fingerprint density at radius 1 is 0.554 bits per heavy atom. The molecule has 0 aromatic heterocycles. The average molecular weight is 933 g/mol. The minimum atomic E-state index is -1.31. The first-order chi connectivity index (χ1) is 31.8. The number of unbranched alkanes of at least 4 members (excludes halogenated alkanes) is 30. The number of carboxylic acids is 2.